The van der Waals surface area contributed by atoms with Crippen LogP contribution >= 0.6 is 11.8 Å². The second-order valence-electron chi connectivity index (χ2n) is 9.39. The Morgan fingerprint density at radius 1 is 1.30 bits per heavy atom. The molecule has 0 aliphatic carbocycles. The quantitative estimate of drug-likeness (QED) is 0.534. The Kier molecular flexibility index (Phi) is 7.05. The summed E-state index contributed by atoms with van der Waals surface area (Å²) in [5, 5.41) is 13.3. The summed E-state index contributed by atoms with van der Waals surface area (Å²) >= 11 is 1.62. The fraction of sp³-hybridized carbons (Fsp3) is 0.640. The van der Waals surface area contributed by atoms with Crippen molar-refractivity contribution in [2.24, 2.45) is 17.8 Å². The molecule has 1 aromatic carbocycles. The van der Waals surface area contributed by atoms with Gasteiger partial charge >= 0.3 is 5.97 Å². The maximum Gasteiger partial charge on any atom is 0.310 e. The number of carbonyl (C=O) groups is 3. The first-order chi connectivity index (χ1) is 15.9. The van der Waals surface area contributed by atoms with Crippen LogP contribution in [-0.2, 0) is 25.7 Å². The lowest BCUT2D eigenvalue weighted by Crippen LogP contribution is -2.57. The molecule has 7 atom stereocenters. The third kappa shape index (κ3) is 3.95. The number of hydrogen-bond donors (Lipinski definition) is 2. The molecule has 180 valence electrons. The standard InChI is InChI=1S/C25H34N2O5S/c1-4-15(3)17(14-28)27-21(22(29)26-13-16-9-7-6-8-10-16)25-12-11-18(33-25)19(20(25)23(27)30)24(31)32-5-2/h6-10,15,17-21,28H,4-5,11-14H2,1-3H3,(H,26,29)/t15-,17-,18-,19+,20-,21?,25?/m0/s1. The molecule has 3 aliphatic rings. The molecular weight excluding hydrogens is 440 g/mol. The molecule has 3 saturated heterocycles. The van der Waals surface area contributed by atoms with E-state index < -0.39 is 28.7 Å². The minimum Gasteiger partial charge on any atom is -0.466 e. The lowest BCUT2D eigenvalue weighted by Gasteiger charge is -2.39. The van der Waals surface area contributed by atoms with Crippen LogP contribution in [0.4, 0.5) is 0 Å². The maximum atomic E-state index is 13.9. The highest BCUT2D eigenvalue weighted by Crippen LogP contribution is 2.66. The zero-order valence-corrected chi connectivity index (χ0v) is 20.3. The van der Waals surface area contributed by atoms with E-state index >= 15 is 0 Å². The van der Waals surface area contributed by atoms with E-state index in [1.165, 1.54) is 0 Å². The molecule has 0 aromatic heterocycles. The van der Waals surface area contributed by atoms with Crippen molar-refractivity contribution in [2.45, 2.75) is 68.7 Å². The molecule has 2 unspecified atom stereocenters. The van der Waals surface area contributed by atoms with Gasteiger partial charge in [-0.2, -0.15) is 0 Å². The first-order valence-corrected chi connectivity index (χ1v) is 12.9. The Morgan fingerprint density at radius 2 is 2.03 bits per heavy atom. The fourth-order valence-electron chi connectivity index (χ4n) is 5.95. The molecular formula is C25H34N2O5S. The molecule has 1 aromatic rings. The molecule has 0 saturated carbocycles. The number of esters is 1. The van der Waals surface area contributed by atoms with Crippen molar-refractivity contribution < 1.29 is 24.2 Å². The average molecular weight is 475 g/mol. The number of aliphatic hydroxyl groups excluding tert-OH is 1. The highest BCUT2D eigenvalue weighted by Gasteiger charge is 2.74. The van der Waals surface area contributed by atoms with Crippen LogP contribution in [0.25, 0.3) is 0 Å². The number of benzene rings is 1. The molecule has 4 rings (SSSR count). The van der Waals surface area contributed by atoms with Gasteiger partial charge in [-0.15, -0.1) is 11.8 Å². The van der Waals surface area contributed by atoms with E-state index in [4.69, 9.17) is 4.74 Å². The molecule has 2 bridgehead atoms. The molecule has 8 heteroatoms. The zero-order valence-electron chi connectivity index (χ0n) is 19.5. The van der Waals surface area contributed by atoms with Gasteiger partial charge < -0.3 is 20.1 Å². The number of carbonyl (C=O) groups excluding carboxylic acids is 3. The van der Waals surface area contributed by atoms with Gasteiger partial charge in [-0.1, -0.05) is 50.6 Å². The lowest BCUT2D eigenvalue weighted by atomic mass is 9.71. The molecule has 3 heterocycles. The molecule has 1 spiro atoms. The second-order valence-corrected chi connectivity index (χ2v) is 11.0. The van der Waals surface area contributed by atoms with E-state index in [0.29, 0.717) is 13.0 Å². The SMILES string of the molecule is CCOC(=O)[C@@H]1[C@@H]2CCC3(S2)C(C(=O)NCc2ccccc2)N([C@@H](CO)[C@@H](C)CC)C(=O)[C@H]13. The minimum atomic E-state index is -0.723. The third-order valence-electron chi connectivity index (χ3n) is 7.70. The van der Waals surface area contributed by atoms with Crippen LogP contribution in [0, 0.1) is 17.8 Å². The van der Waals surface area contributed by atoms with Crippen molar-refractivity contribution in [3.8, 4) is 0 Å². The van der Waals surface area contributed by atoms with Crippen LogP contribution < -0.4 is 5.32 Å². The van der Waals surface area contributed by atoms with E-state index in [-0.39, 0.29) is 42.2 Å². The van der Waals surface area contributed by atoms with Crippen LogP contribution in [0.2, 0.25) is 0 Å². The second kappa shape index (κ2) is 9.66. The molecule has 2 N–H and O–H groups in total. The van der Waals surface area contributed by atoms with E-state index in [9.17, 15) is 19.5 Å². The number of fused-ring (bicyclic) bond motifs is 1. The first kappa shape index (κ1) is 24.1. The highest BCUT2D eigenvalue weighted by atomic mass is 32.2. The van der Waals surface area contributed by atoms with E-state index in [0.717, 1.165) is 18.4 Å². The Morgan fingerprint density at radius 3 is 2.67 bits per heavy atom. The predicted molar refractivity (Wildman–Crippen MR) is 126 cm³/mol. The molecule has 0 radical (unpaired) electrons. The number of rotatable bonds is 9. The lowest BCUT2D eigenvalue weighted by molar-refractivity contribution is -0.154. The maximum absolute atomic E-state index is 13.9. The van der Waals surface area contributed by atoms with Gasteiger partial charge in [0.05, 0.1) is 35.8 Å². The number of aliphatic hydroxyl groups is 1. The predicted octanol–water partition coefficient (Wildman–Crippen LogP) is 2.36. The van der Waals surface area contributed by atoms with Gasteiger partial charge in [0.2, 0.25) is 11.8 Å². The molecule has 3 aliphatic heterocycles. The fourth-order valence-corrected chi connectivity index (χ4v) is 8.14. The molecule has 2 amide bonds. The number of nitrogens with one attached hydrogen (secondary N) is 1. The van der Waals surface area contributed by atoms with Crippen molar-refractivity contribution in [3.63, 3.8) is 0 Å². The summed E-state index contributed by atoms with van der Waals surface area (Å²) in [5.41, 5.74) is 0.976. The number of amides is 2. The smallest absolute Gasteiger partial charge is 0.310 e. The van der Waals surface area contributed by atoms with E-state index in [1.54, 1.807) is 23.6 Å². The summed E-state index contributed by atoms with van der Waals surface area (Å²) in [6, 6.07) is 8.46. The van der Waals surface area contributed by atoms with Crippen LogP contribution in [0.5, 0.6) is 0 Å². The van der Waals surface area contributed by atoms with Gasteiger partial charge in [-0.3, -0.25) is 14.4 Å². The number of nitrogens with zero attached hydrogens (tertiary/aromatic N) is 1. The van der Waals surface area contributed by atoms with Crippen molar-refractivity contribution in [1.29, 1.82) is 0 Å². The van der Waals surface area contributed by atoms with Crippen molar-refractivity contribution in [3.05, 3.63) is 35.9 Å². The van der Waals surface area contributed by atoms with Gasteiger partial charge in [0.15, 0.2) is 0 Å². The van der Waals surface area contributed by atoms with Crippen molar-refractivity contribution in [1.82, 2.24) is 10.2 Å². The zero-order chi connectivity index (χ0) is 23.8. The number of thioether (sulfide) groups is 1. The minimum absolute atomic E-state index is 0.0132. The number of hydrogen-bond acceptors (Lipinski definition) is 6. The third-order valence-corrected chi connectivity index (χ3v) is 9.65. The average Bonchev–Trinajstić information content (AvgIpc) is 3.46. The summed E-state index contributed by atoms with van der Waals surface area (Å²) in [6.07, 6.45) is 2.25. The van der Waals surface area contributed by atoms with Gasteiger partial charge in [0.25, 0.3) is 0 Å². The first-order valence-electron chi connectivity index (χ1n) is 12.0. The summed E-state index contributed by atoms with van der Waals surface area (Å²) in [6.45, 7) is 6.18. The molecule has 3 fully saturated rings. The largest absolute Gasteiger partial charge is 0.466 e. The van der Waals surface area contributed by atoms with Gasteiger partial charge in [0, 0.05) is 11.8 Å². The van der Waals surface area contributed by atoms with Crippen LogP contribution in [-0.4, -0.2) is 63.1 Å². The van der Waals surface area contributed by atoms with Crippen LogP contribution in [0.3, 0.4) is 0 Å². The Hall–Kier alpha value is -2.06. The van der Waals surface area contributed by atoms with Crippen molar-refractivity contribution in [2.75, 3.05) is 13.2 Å². The Balaban J connectivity index is 1.70. The Labute approximate surface area is 199 Å². The van der Waals surface area contributed by atoms with Gasteiger partial charge in [-0.25, -0.2) is 0 Å². The molecule has 7 nitrogen and oxygen atoms in total. The molecule has 33 heavy (non-hydrogen) atoms. The van der Waals surface area contributed by atoms with Crippen LogP contribution in [0.15, 0.2) is 30.3 Å². The Bertz CT molecular complexity index is 896. The number of ether oxygens (including phenoxy) is 1. The summed E-state index contributed by atoms with van der Waals surface area (Å²) < 4.78 is 4.68. The van der Waals surface area contributed by atoms with Crippen molar-refractivity contribution >= 4 is 29.5 Å². The summed E-state index contributed by atoms with van der Waals surface area (Å²) in [4.78, 5) is 42.1. The van der Waals surface area contributed by atoms with E-state index in [2.05, 4.69) is 5.32 Å². The number of likely N-dealkylation sites (tertiary alicyclic amines) is 1. The normalized spacial score (nSPS) is 31.9. The highest BCUT2D eigenvalue weighted by molar-refractivity contribution is 8.02. The topological polar surface area (TPSA) is 95.9 Å². The van der Waals surface area contributed by atoms with Gasteiger partial charge in [0.1, 0.15) is 6.04 Å². The monoisotopic (exact) mass is 474 g/mol. The van der Waals surface area contributed by atoms with E-state index in [1.807, 2.05) is 44.2 Å². The van der Waals surface area contributed by atoms with Gasteiger partial charge in [-0.05, 0) is 31.2 Å². The summed E-state index contributed by atoms with van der Waals surface area (Å²) in [7, 11) is 0. The summed E-state index contributed by atoms with van der Waals surface area (Å²) in [5.74, 6) is -1.87. The van der Waals surface area contributed by atoms with Crippen LogP contribution in [0.1, 0.15) is 45.6 Å².